The summed E-state index contributed by atoms with van der Waals surface area (Å²) < 4.78 is 0. The minimum Gasteiger partial charge on any atom is -0.327 e. The molecule has 0 spiro atoms. The minimum atomic E-state index is 0. The van der Waals surface area contributed by atoms with Crippen molar-refractivity contribution in [1.82, 2.24) is 10.2 Å². The van der Waals surface area contributed by atoms with E-state index in [4.69, 9.17) is 5.73 Å². The maximum absolute atomic E-state index is 12.0. The normalized spacial score (nSPS) is 20.4. The molecule has 1 heterocycles. The topological polar surface area (TPSA) is 83.8 Å². The van der Waals surface area contributed by atoms with Crippen molar-refractivity contribution in [2.45, 2.75) is 31.7 Å². The molecule has 0 bridgehead atoms. The Labute approximate surface area is 136 Å². The Morgan fingerprint density at radius 2 is 2.05 bits per heavy atom. The predicted molar refractivity (Wildman–Crippen MR) is 89.8 cm³/mol. The van der Waals surface area contributed by atoms with Crippen LogP contribution in [0.5, 0.6) is 0 Å². The van der Waals surface area contributed by atoms with E-state index in [1.165, 1.54) is 0 Å². The molecule has 0 radical (unpaired) electrons. The number of benzene rings is 1. The number of carbonyl (C=O) groups is 1. The number of nitrogens with two attached hydrogens (primary N) is 1. The summed E-state index contributed by atoms with van der Waals surface area (Å²) in [6.45, 7) is 0. The molecule has 22 heavy (non-hydrogen) atoms. The number of aromatic amines is 1. The van der Waals surface area contributed by atoms with Crippen LogP contribution < -0.4 is 11.1 Å². The van der Waals surface area contributed by atoms with Gasteiger partial charge in [0.25, 0.3) is 0 Å². The van der Waals surface area contributed by atoms with Crippen LogP contribution in [0.3, 0.4) is 0 Å². The van der Waals surface area contributed by atoms with Gasteiger partial charge in [-0.3, -0.25) is 9.89 Å². The number of nitrogens with one attached hydrogen (secondary N) is 2. The van der Waals surface area contributed by atoms with Crippen molar-refractivity contribution < 1.29 is 4.79 Å². The van der Waals surface area contributed by atoms with E-state index >= 15 is 0 Å². The molecule has 118 valence electrons. The Bertz CT molecular complexity index is 597. The maximum Gasteiger partial charge on any atom is 0.224 e. The third-order valence-corrected chi connectivity index (χ3v) is 4.15. The van der Waals surface area contributed by atoms with E-state index in [0.29, 0.717) is 12.3 Å². The monoisotopic (exact) mass is 320 g/mol. The summed E-state index contributed by atoms with van der Waals surface area (Å²) >= 11 is 0. The number of nitrogens with zero attached hydrogens (tertiary/aromatic N) is 1. The summed E-state index contributed by atoms with van der Waals surface area (Å²) in [6.07, 6.45) is 5.47. The molecule has 6 heteroatoms. The summed E-state index contributed by atoms with van der Waals surface area (Å²) in [6, 6.07) is 9.83. The highest BCUT2D eigenvalue weighted by molar-refractivity contribution is 5.91. The van der Waals surface area contributed by atoms with E-state index in [2.05, 4.69) is 15.5 Å². The number of aromatic nitrogens is 2. The standard InChI is InChI=1S/C16H20N4O.ClH/c17-14-3-1-2-12(14)10-16(21)19-13-6-4-11(5-7-13)15-8-9-18-20-15;/h4-9,12,14H,1-3,10,17H2,(H,18,20)(H,19,21);1H/t12-,14+;/m0./s1. The second-order valence-electron chi connectivity index (χ2n) is 5.65. The van der Waals surface area contributed by atoms with Crippen LogP contribution in [0.2, 0.25) is 0 Å². The van der Waals surface area contributed by atoms with Gasteiger partial charge in [0.1, 0.15) is 0 Å². The summed E-state index contributed by atoms with van der Waals surface area (Å²) in [5, 5.41) is 9.78. The van der Waals surface area contributed by atoms with E-state index in [9.17, 15) is 4.79 Å². The van der Waals surface area contributed by atoms with Crippen molar-refractivity contribution in [3.63, 3.8) is 0 Å². The Balaban J connectivity index is 0.00000176. The van der Waals surface area contributed by atoms with Gasteiger partial charge in [0.15, 0.2) is 0 Å². The van der Waals surface area contributed by atoms with Crippen LogP contribution in [-0.2, 0) is 4.79 Å². The number of hydrogen-bond donors (Lipinski definition) is 3. The van der Waals surface area contributed by atoms with Gasteiger partial charge in [0.05, 0.1) is 5.69 Å². The SMILES string of the molecule is Cl.N[C@@H]1CCC[C@H]1CC(=O)Nc1ccc(-c2ccn[nH]2)cc1. The van der Waals surface area contributed by atoms with Crippen molar-refractivity contribution in [3.8, 4) is 11.3 Å². The molecule has 1 amide bonds. The molecule has 3 rings (SSSR count). The second kappa shape index (κ2) is 7.42. The average molecular weight is 321 g/mol. The fraction of sp³-hybridized carbons (Fsp3) is 0.375. The molecular weight excluding hydrogens is 300 g/mol. The third-order valence-electron chi connectivity index (χ3n) is 4.15. The number of rotatable bonds is 4. The lowest BCUT2D eigenvalue weighted by Gasteiger charge is -2.14. The second-order valence-corrected chi connectivity index (χ2v) is 5.65. The Morgan fingerprint density at radius 3 is 2.64 bits per heavy atom. The van der Waals surface area contributed by atoms with E-state index in [-0.39, 0.29) is 24.4 Å². The summed E-state index contributed by atoms with van der Waals surface area (Å²) in [5.41, 5.74) is 8.83. The molecule has 1 aromatic heterocycles. The van der Waals surface area contributed by atoms with Crippen LogP contribution in [-0.4, -0.2) is 22.1 Å². The molecule has 2 atom stereocenters. The fourth-order valence-corrected chi connectivity index (χ4v) is 2.92. The van der Waals surface area contributed by atoms with Crippen LogP contribution in [0, 0.1) is 5.92 Å². The minimum absolute atomic E-state index is 0. The number of halogens is 1. The number of H-pyrrole nitrogens is 1. The summed E-state index contributed by atoms with van der Waals surface area (Å²) in [4.78, 5) is 12.0. The van der Waals surface area contributed by atoms with E-state index in [0.717, 1.165) is 36.2 Å². The van der Waals surface area contributed by atoms with Gasteiger partial charge in [-0.15, -0.1) is 12.4 Å². The predicted octanol–water partition coefficient (Wildman–Crippen LogP) is 2.95. The average Bonchev–Trinajstić information content (AvgIpc) is 3.12. The van der Waals surface area contributed by atoms with Crippen LogP contribution in [0.4, 0.5) is 5.69 Å². The van der Waals surface area contributed by atoms with Gasteiger partial charge in [-0.25, -0.2) is 0 Å². The Kier molecular flexibility index (Phi) is 5.57. The first kappa shape index (κ1) is 16.5. The van der Waals surface area contributed by atoms with Crippen molar-refractivity contribution >= 4 is 24.0 Å². The lowest BCUT2D eigenvalue weighted by molar-refractivity contribution is -0.117. The molecule has 1 fully saturated rings. The van der Waals surface area contributed by atoms with Gasteiger partial charge < -0.3 is 11.1 Å². The number of hydrogen-bond acceptors (Lipinski definition) is 3. The summed E-state index contributed by atoms with van der Waals surface area (Å²) in [7, 11) is 0. The van der Waals surface area contributed by atoms with Crippen molar-refractivity contribution in [2.24, 2.45) is 11.7 Å². The zero-order valence-corrected chi connectivity index (χ0v) is 13.1. The molecular formula is C16H21ClN4O. The Morgan fingerprint density at radius 1 is 1.27 bits per heavy atom. The van der Waals surface area contributed by atoms with E-state index < -0.39 is 0 Å². The highest BCUT2D eigenvalue weighted by Crippen LogP contribution is 2.27. The zero-order valence-electron chi connectivity index (χ0n) is 12.3. The fourth-order valence-electron chi connectivity index (χ4n) is 2.92. The van der Waals surface area contributed by atoms with Crippen LogP contribution in [0.15, 0.2) is 36.5 Å². The van der Waals surface area contributed by atoms with Gasteiger partial charge in [0.2, 0.25) is 5.91 Å². The van der Waals surface area contributed by atoms with Crippen LogP contribution in [0.25, 0.3) is 11.3 Å². The van der Waals surface area contributed by atoms with Gasteiger partial charge in [-0.05, 0) is 42.5 Å². The van der Waals surface area contributed by atoms with Crippen LogP contribution >= 0.6 is 12.4 Å². The molecule has 1 saturated carbocycles. The molecule has 0 unspecified atom stereocenters. The molecule has 1 aliphatic rings. The lowest BCUT2D eigenvalue weighted by atomic mass is 10.00. The molecule has 0 saturated heterocycles. The lowest BCUT2D eigenvalue weighted by Crippen LogP contribution is -2.28. The van der Waals surface area contributed by atoms with Gasteiger partial charge in [-0.1, -0.05) is 18.6 Å². The van der Waals surface area contributed by atoms with Gasteiger partial charge in [-0.2, -0.15) is 5.10 Å². The first-order valence-corrected chi connectivity index (χ1v) is 7.37. The largest absolute Gasteiger partial charge is 0.327 e. The van der Waals surface area contributed by atoms with Crippen molar-refractivity contribution in [1.29, 1.82) is 0 Å². The first-order chi connectivity index (χ1) is 10.2. The highest BCUT2D eigenvalue weighted by Gasteiger charge is 2.25. The number of anilines is 1. The Hall–Kier alpha value is -1.85. The van der Waals surface area contributed by atoms with E-state index in [1.807, 2.05) is 30.3 Å². The summed E-state index contributed by atoms with van der Waals surface area (Å²) in [5.74, 6) is 0.376. The molecule has 1 aromatic carbocycles. The molecule has 2 aromatic rings. The smallest absolute Gasteiger partial charge is 0.224 e. The zero-order chi connectivity index (χ0) is 14.7. The third kappa shape index (κ3) is 3.87. The van der Waals surface area contributed by atoms with Gasteiger partial charge in [0, 0.05) is 24.3 Å². The van der Waals surface area contributed by atoms with Crippen molar-refractivity contribution in [2.75, 3.05) is 5.32 Å². The first-order valence-electron chi connectivity index (χ1n) is 7.37. The highest BCUT2D eigenvalue weighted by atomic mass is 35.5. The van der Waals surface area contributed by atoms with E-state index in [1.54, 1.807) is 6.20 Å². The van der Waals surface area contributed by atoms with Crippen LogP contribution in [0.1, 0.15) is 25.7 Å². The van der Waals surface area contributed by atoms with Crippen molar-refractivity contribution in [3.05, 3.63) is 36.5 Å². The number of amides is 1. The molecule has 4 N–H and O–H groups in total. The van der Waals surface area contributed by atoms with Gasteiger partial charge >= 0.3 is 0 Å². The molecule has 1 aliphatic carbocycles. The molecule has 0 aliphatic heterocycles. The quantitative estimate of drug-likeness (QED) is 0.809. The number of carbonyl (C=O) groups excluding carboxylic acids is 1. The maximum atomic E-state index is 12.0. The molecule has 5 nitrogen and oxygen atoms in total.